The Kier molecular flexibility index (Phi) is 19.8. The van der Waals surface area contributed by atoms with Crippen molar-refractivity contribution < 1.29 is 28.4 Å². The van der Waals surface area contributed by atoms with Crippen molar-refractivity contribution in [2.45, 2.75) is 24.9 Å². The predicted molar refractivity (Wildman–Crippen MR) is 103 cm³/mol. The van der Waals surface area contributed by atoms with Crippen LogP contribution < -0.4 is 0 Å². The Morgan fingerprint density at radius 2 is 0.840 bits per heavy atom. The average molecular weight is 421 g/mol. The molecule has 25 heavy (non-hydrogen) atoms. The summed E-state index contributed by atoms with van der Waals surface area (Å²) >= 11 is 12.9. The van der Waals surface area contributed by atoms with E-state index in [1.54, 1.807) is 14.2 Å². The summed E-state index contributed by atoms with van der Waals surface area (Å²) < 4.78 is 31.4. The highest BCUT2D eigenvalue weighted by Gasteiger charge is 2.26. The van der Waals surface area contributed by atoms with E-state index in [-0.39, 0.29) is 0 Å². The summed E-state index contributed by atoms with van der Waals surface area (Å²) in [6.45, 7) is 3.89. The minimum Gasteiger partial charge on any atom is -0.382 e. The van der Waals surface area contributed by atoms with Crippen molar-refractivity contribution in [3.63, 3.8) is 0 Å². The first kappa shape index (κ1) is 25.6. The second-order valence-electron chi connectivity index (χ2n) is 5.50. The first-order chi connectivity index (χ1) is 12.1. The Balaban J connectivity index is 3.32. The molecule has 0 bridgehead atoms. The Bertz CT molecular complexity index is 251. The second-order valence-corrected chi connectivity index (χ2v) is 13.1. The highest BCUT2D eigenvalue weighted by molar-refractivity contribution is 7.45. The third-order valence-corrected chi connectivity index (χ3v) is 7.71. The van der Waals surface area contributed by atoms with Gasteiger partial charge in [-0.1, -0.05) is 0 Å². The van der Waals surface area contributed by atoms with Gasteiger partial charge in [0.15, 0.2) is 0 Å². The Hall–Kier alpha value is 0.557. The molecule has 0 aromatic carbocycles. The lowest BCUT2D eigenvalue weighted by Crippen LogP contribution is -2.20. The standard InChI is InChI=1S/C16H34Cl2O6Si/c1-19-7-9-23-13-11-21-5-3-15-25(17,18)16-4-6-22-12-14-24-10-8-20-2/h3-16H2,1-2H3. The van der Waals surface area contributed by atoms with Gasteiger partial charge in [-0.25, -0.2) is 0 Å². The van der Waals surface area contributed by atoms with E-state index >= 15 is 0 Å². The van der Waals surface area contributed by atoms with E-state index in [1.807, 2.05) is 0 Å². The molecule has 0 fully saturated rings. The van der Waals surface area contributed by atoms with Crippen LogP contribution in [0.4, 0.5) is 0 Å². The van der Waals surface area contributed by atoms with Crippen LogP contribution in [0, 0.1) is 0 Å². The smallest absolute Gasteiger partial charge is 0.251 e. The molecule has 0 aliphatic carbocycles. The molecule has 0 aromatic heterocycles. The molecule has 0 saturated carbocycles. The zero-order valence-corrected chi connectivity index (χ0v) is 18.1. The molecular weight excluding hydrogens is 387 g/mol. The van der Waals surface area contributed by atoms with Crippen LogP contribution in [0.5, 0.6) is 0 Å². The lowest BCUT2D eigenvalue weighted by atomic mass is 10.5. The molecule has 6 nitrogen and oxygen atoms in total. The molecule has 0 rings (SSSR count). The van der Waals surface area contributed by atoms with E-state index in [2.05, 4.69) is 0 Å². The Labute approximate surface area is 162 Å². The summed E-state index contributed by atoms with van der Waals surface area (Å²) in [5.74, 6) is 0. The fourth-order valence-electron chi connectivity index (χ4n) is 1.92. The maximum atomic E-state index is 6.45. The van der Waals surface area contributed by atoms with Crippen LogP contribution in [0.2, 0.25) is 12.1 Å². The summed E-state index contributed by atoms with van der Waals surface area (Å²) in [6, 6.07) is 1.67. The Morgan fingerprint density at radius 3 is 1.20 bits per heavy atom. The summed E-state index contributed by atoms with van der Waals surface area (Å²) in [4.78, 5) is 0. The lowest BCUT2D eigenvalue weighted by Gasteiger charge is -2.16. The van der Waals surface area contributed by atoms with Crippen LogP contribution in [0.25, 0.3) is 0 Å². The number of hydrogen-bond acceptors (Lipinski definition) is 6. The first-order valence-electron chi connectivity index (χ1n) is 8.79. The largest absolute Gasteiger partial charge is 0.382 e. The van der Waals surface area contributed by atoms with Gasteiger partial charge in [0.25, 0.3) is 6.69 Å². The molecule has 0 atom stereocenters. The van der Waals surface area contributed by atoms with Crippen LogP contribution in [-0.2, 0) is 28.4 Å². The SMILES string of the molecule is COCCOCCOCCC[Si](Cl)(Cl)CCCOCCOCCOC. The molecule has 0 aliphatic heterocycles. The number of hydrogen-bond donors (Lipinski definition) is 0. The molecule has 0 N–H and O–H groups in total. The van der Waals surface area contributed by atoms with E-state index in [0.29, 0.717) is 66.1 Å². The van der Waals surface area contributed by atoms with Gasteiger partial charge in [-0.15, -0.1) is 22.2 Å². The van der Waals surface area contributed by atoms with E-state index in [9.17, 15) is 0 Å². The van der Waals surface area contributed by atoms with Gasteiger partial charge in [0.05, 0.1) is 52.9 Å². The molecule has 0 aromatic rings. The molecule has 0 saturated heterocycles. The zero-order valence-electron chi connectivity index (χ0n) is 15.6. The quantitative estimate of drug-likeness (QED) is 0.171. The molecule has 0 radical (unpaired) electrons. The van der Waals surface area contributed by atoms with Gasteiger partial charge in [-0.05, 0) is 24.9 Å². The molecular formula is C16H34Cl2O6Si. The highest BCUT2D eigenvalue weighted by atomic mass is 35.7. The molecule has 0 amide bonds. The van der Waals surface area contributed by atoms with Gasteiger partial charge in [0.1, 0.15) is 0 Å². The number of rotatable bonds is 20. The molecule has 0 unspecified atom stereocenters. The minimum absolute atomic E-state index is 0.584. The van der Waals surface area contributed by atoms with Gasteiger partial charge in [-0.2, -0.15) is 0 Å². The number of ether oxygens (including phenoxy) is 6. The van der Waals surface area contributed by atoms with Crippen LogP contribution in [0.15, 0.2) is 0 Å². The third-order valence-electron chi connectivity index (χ3n) is 3.27. The van der Waals surface area contributed by atoms with E-state index < -0.39 is 6.69 Å². The van der Waals surface area contributed by atoms with Gasteiger partial charge >= 0.3 is 0 Å². The third kappa shape index (κ3) is 20.7. The first-order valence-corrected chi connectivity index (χ1v) is 13.2. The van der Waals surface area contributed by atoms with Crippen molar-refractivity contribution in [2.75, 3.05) is 80.3 Å². The number of halogens is 2. The maximum Gasteiger partial charge on any atom is 0.251 e. The van der Waals surface area contributed by atoms with Crippen molar-refractivity contribution in [3.05, 3.63) is 0 Å². The van der Waals surface area contributed by atoms with Gasteiger partial charge in [0, 0.05) is 27.4 Å². The monoisotopic (exact) mass is 420 g/mol. The van der Waals surface area contributed by atoms with E-state index in [1.165, 1.54) is 0 Å². The van der Waals surface area contributed by atoms with Crippen molar-refractivity contribution in [2.24, 2.45) is 0 Å². The molecule has 9 heteroatoms. The maximum absolute atomic E-state index is 6.45. The predicted octanol–water partition coefficient (Wildman–Crippen LogP) is 3.05. The van der Waals surface area contributed by atoms with Crippen molar-refractivity contribution >= 4 is 28.9 Å². The van der Waals surface area contributed by atoms with Gasteiger partial charge < -0.3 is 28.4 Å². The summed E-state index contributed by atoms with van der Waals surface area (Å²) in [6.07, 6.45) is 1.76. The highest BCUT2D eigenvalue weighted by Crippen LogP contribution is 2.28. The average Bonchev–Trinajstić information content (AvgIpc) is 2.59. The van der Waals surface area contributed by atoms with Gasteiger partial charge in [-0.3, -0.25) is 0 Å². The molecule has 152 valence electrons. The normalized spacial score (nSPS) is 12.0. The molecule has 0 spiro atoms. The molecule has 0 aliphatic rings. The topological polar surface area (TPSA) is 55.4 Å². The zero-order chi connectivity index (χ0) is 18.6. The van der Waals surface area contributed by atoms with Crippen LogP contribution in [0.3, 0.4) is 0 Å². The summed E-state index contributed by atoms with van der Waals surface area (Å²) in [5, 5.41) is 0. The van der Waals surface area contributed by atoms with Crippen LogP contribution >= 0.6 is 22.2 Å². The van der Waals surface area contributed by atoms with Crippen LogP contribution in [0.1, 0.15) is 12.8 Å². The van der Waals surface area contributed by atoms with Crippen molar-refractivity contribution in [1.82, 2.24) is 0 Å². The second kappa shape index (κ2) is 19.3. The fourth-order valence-corrected chi connectivity index (χ4v) is 5.10. The minimum atomic E-state index is -2.19. The van der Waals surface area contributed by atoms with Crippen molar-refractivity contribution in [1.29, 1.82) is 0 Å². The fraction of sp³-hybridized carbons (Fsp3) is 1.00. The van der Waals surface area contributed by atoms with Gasteiger partial charge in [0.2, 0.25) is 0 Å². The van der Waals surface area contributed by atoms with E-state index in [0.717, 1.165) is 24.9 Å². The lowest BCUT2D eigenvalue weighted by molar-refractivity contribution is 0.0247. The Morgan fingerprint density at radius 1 is 0.520 bits per heavy atom. The summed E-state index contributed by atoms with van der Waals surface area (Å²) in [5.41, 5.74) is 0. The molecule has 0 heterocycles. The van der Waals surface area contributed by atoms with Crippen LogP contribution in [-0.4, -0.2) is 87.0 Å². The van der Waals surface area contributed by atoms with Crippen molar-refractivity contribution in [3.8, 4) is 0 Å². The number of methoxy groups -OCH3 is 2. The summed E-state index contributed by atoms with van der Waals surface area (Å²) in [7, 11) is 3.30. The van der Waals surface area contributed by atoms with E-state index in [4.69, 9.17) is 50.6 Å².